The van der Waals surface area contributed by atoms with Crippen molar-refractivity contribution in [2.45, 2.75) is 0 Å². The Hall–Kier alpha value is -8.21. The van der Waals surface area contributed by atoms with Gasteiger partial charge in [0.2, 0.25) is 5.89 Å². The molecule has 0 aliphatic heterocycles. The Morgan fingerprint density at radius 3 is 1.67 bits per heavy atom. The van der Waals surface area contributed by atoms with E-state index in [1.54, 1.807) is 0 Å². The number of fused-ring (bicyclic) bond motifs is 7. The molecule has 2 heterocycles. The molecule has 0 aliphatic carbocycles. The summed E-state index contributed by atoms with van der Waals surface area (Å²) in [5.41, 5.74) is 14.1. The van der Waals surface area contributed by atoms with E-state index in [0.717, 1.165) is 77.9 Å². The van der Waals surface area contributed by atoms with Crippen LogP contribution < -0.4 is 4.90 Å². The molecule has 286 valence electrons. The Bertz CT molecular complexity index is 3570. The van der Waals surface area contributed by atoms with Gasteiger partial charge in [-0.05, 0) is 98.4 Å². The Labute approximate surface area is 352 Å². The summed E-state index contributed by atoms with van der Waals surface area (Å²) >= 11 is 0. The molecular weight excluding hydrogens is 745 g/mol. The second-order valence-electron chi connectivity index (χ2n) is 15.5. The average Bonchev–Trinajstić information content (AvgIpc) is 3.92. The van der Waals surface area contributed by atoms with Gasteiger partial charge in [-0.1, -0.05) is 158 Å². The van der Waals surface area contributed by atoms with E-state index in [1.165, 1.54) is 32.7 Å². The molecule has 12 rings (SSSR count). The van der Waals surface area contributed by atoms with E-state index in [1.807, 2.05) is 36.4 Å². The second-order valence-corrected chi connectivity index (χ2v) is 15.5. The maximum atomic E-state index is 6.65. The lowest BCUT2D eigenvalue weighted by atomic mass is 9.93. The molecule has 12 aromatic rings. The van der Waals surface area contributed by atoms with Gasteiger partial charge in [-0.2, -0.15) is 0 Å². The van der Waals surface area contributed by atoms with Gasteiger partial charge >= 0.3 is 0 Å². The molecule has 0 N–H and O–H groups in total. The Balaban J connectivity index is 0.954. The first-order valence-electron chi connectivity index (χ1n) is 20.6. The number of furan rings is 1. The van der Waals surface area contributed by atoms with Crippen molar-refractivity contribution in [3.63, 3.8) is 0 Å². The van der Waals surface area contributed by atoms with E-state index < -0.39 is 0 Å². The van der Waals surface area contributed by atoms with Crippen LogP contribution in [-0.2, 0) is 0 Å². The van der Waals surface area contributed by atoms with E-state index in [2.05, 4.69) is 187 Å². The predicted octanol–water partition coefficient (Wildman–Crippen LogP) is 16.2. The number of oxazole rings is 1. The van der Waals surface area contributed by atoms with Crippen molar-refractivity contribution in [1.82, 2.24) is 4.98 Å². The normalized spacial score (nSPS) is 11.6. The molecule has 2 aromatic heterocycles. The summed E-state index contributed by atoms with van der Waals surface area (Å²) in [6, 6.07) is 77.2. The summed E-state index contributed by atoms with van der Waals surface area (Å²) < 4.78 is 12.9. The maximum Gasteiger partial charge on any atom is 0.227 e. The summed E-state index contributed by atoms with van der Waals surface area (Å²) in [5.74, 6) is 0.600. The van der Waals surface area contributed by atoms with Gasteiger partial charge in [0.15, 0.2) is 5.58 Å². The summed E-state index contributed by atoms with van der Waals surface area (Å²) in [5, 5.41) is 7.06. The van der Waals surface area contributed by atoms with Crippen molar-refractivity contribution in [3.8, 4) is 44.8 Å². The number of para-hydroxylation sites is 2. The van der Waals surface area contributed by atoms with Gasteiger partial charge in [0, 0.05) is 44.9 Å². The zero-order valence-corrected chi connectivity index (χ0v) is 33.0. The van der Waals surface area contributed by atoms with Crippen LogP contribution in [0.25, 0.3) is 99.4 Å². The van der Waals surface area contributed by atoms with E-state index in [9.17, 15) is 0 Å². The van der Waals surface area contributed by atoms with Crippen molar-refractivity contribution in [3.05, 3.63) is 218 Å². The Morgan fingerprint density at radius 1 is 0.344 bits per heavy atom. The number of aromatic nitrogens is 1. The van der Waals surface area contributed by atoms with Crippen molar-refractivity contribution >= 4 is 71.6 Å². The first kappa shape index (κ1) is 34.8. The molecule has 0 saturated heterocycles. The van der Waals surface area contributed by atoms with Gasteiger partial charge in [0.25, 0.3) is 0 Å². The first-order chi connectivity index (χ1) is 30.2. The molecule has 0 unspecified atom stereocenters. The van der Waals surface area contributed by atoms with Crippen LogP contribution in [-0.4, -0.2) is 4.98 Å². The van der Waals surface area contributed by atoms with Crippen LogP contribution in [0.2, 0.25) is 0 Å². The van der Waals surface area contributed by atoms with Crippen molar-refractivity contribution in [2.75, 3.05) is 4.90 Å². The fraction of sp³-hybridized carbons (Fsp3) is 0. The number of rotatable bonds is 7. The highest BCUT2D eigenvalue weighted by Gasteiger charge is 2.20. The fourth-order valence-electron chi connectivity index (χ4n) is 8.98. The smallest absolute Gasteiger partial charge is 0.227 e. The molecule has 61 heavy (non-hydrogen) atoms. The van der Waals surface area contributed by atoms with Crippen LogP contribution >= 0.6 is 0 Å². The van der Waals surface area contributed by atoms with E-state index in [0.29, 0.717) is 5.89 Å². The molecule has 10 aromatic carbocycles. The number of hydrogen-bond acceptors (Lipinski definition) is 4. The summed E-state index contributed by atoms with van der Waals surface area (Å²) in [6.45, 7) is 0. The van der Waals surface area contributed by atoms with Crippen molar-refractivity contribution in [1.29, 1.82) is 0 Å². The zero-order valence-electron chi connectivity index (χ0n) is 33.0. The highest BCUT2D eigenvalue weighted by atomic mass is 16.4. The molecule has 0 bridgehead atoms. The molecule has 0 fully saturated rings. The third-order valence-electron chi connectivity index (χ3n) is 11.9. The number of anilines is 3. The second kappa shape index (κ2) is 14.3. The molecule has 4 heteroatoms. The Kier molecular flexibility index (Phi) is 8.13. The van der Waals surface area contributed by atoms with Crippen molar-refractivity contribution in [2.24, 2.45) is 0 Å². The van der Waals surface area contributed by atoms with Gasteiger partial charge in [-0.15, -0.1) is 0 Å². The van der Waals surface area contributed by atoms with E-state index >= 15 is 0 Å². The van der Waals surface area contributed by atoms with Gasteiger partial charge in [-0.25, -0.2) is 4.98 Å². The zero-order chi connectivity index (χ0) is 40.3. The van der Waals surface area contributed by atoms with Gasteiger partial charge < -0.3 is 13.7 Å². The van der Waals surface area contributed by atoms with Crippen LogP contribution in [0, 0.1) is 0 Å². The molecule has 0 radical (unpaired) electrons. The van der Waals surface area contributed by atoms with Gasteiger partial charge in [0.05, 0.1) is 5.69 Å². The largest absolute Gasteiger partial charge is 0.455 e. The third-order valence-corrected chi connectivity index (χ3v) is 11.9. The minimum absolute atomic E-state index is 0.600. The lowest BCUT2D eigenvalue weighted by molar-refractivity contribution is 0.620. The SMILES string of the molecule is c1ccc(-c2nc3cc4oc5c(-c6ccc(N(c7ccc(-c8cc9ccccc9c9ccccc89)cc7)c7ccccc7-c7ccccc7)cc6)cccc5c4cc3o2)cc1. The highest BCUT2D eigenvalue weighted by molar-refractivity contribution is 6.14. The molecule has 0 aliphatic rings. The Morgan fingerprint density at radius 2 is 0.918 bits per heavy atom. The summed E-state index contributed by atoms with van der Waals surface area (Å²) in [6.07, 6.45) is 0. The van der Waals surface area contributed by atoms with Crippen LogP contribution in [0.3, 0.4) is 0 Å². The van der Waals surface area contributed by atoms with E-state index in [4.69, 9.17) is 13.8 Å². The highest BCUT2D eigenvalue weighted by Crippen LogP contribution is 2.44. The monoisotopic (exact) mass is 780 g/mol. The number of nitrogens with zero attached hydrogens (tertiary/aromatic N) is 2. The van der Waals surface area contributed by atoms with Crippen molar-refractivity contribution < 1.29 is 8.83 Å². The van der Waals surface area contributed by atoms with Gasteiger partial charge in [0.1, 0.15) is 16.7 Å². The predicted molar refractivity (Wildman–Crippen MR) is 253 cm³/mol. The van der Waals surface area contributed by atoms with Crippen LogP contribution in [0.5, 0.6) is 0 Å². The topological polar surface area (TPSA) is 42.4 Å². The fourth-order valence-corrected chi connectivity index (χ4v) is 8.98. The maximum absolute atomic E-state index is 6.65. The third kappa shape index (κ3) is 5.96. The quantitative estimate of drug-likeness (QED) is 0.151. The summed E-state index contributed by atoms with van der Waals surface area (Å²) in [7, 11) is 0. The van der Waals surface area contributed by atoms with Crippen LogP contribution in [0.4, 0.5) is 17.1 Å². The molecule has 0 amide bonds. The lowest BCUT2D eigenvalue weighted by Crippen LogP contribution is -2.11. The molecule has 0 saturated carbocycles. The number of hydrogen-bond donors (Lipinski definition) is 0. The van der Waals surface area contributed by atoms with Gasteiger partial charge in [-0.3, -0.25) is 0 Å². The lowest BCUT2D eigenvalue weighted by Gasteiger charge is -2.28. The average molecular weight is 781 g/mol. The van der Waals surface area contributed by atoms with E-state index in [-0.39, 0.29) is 0 Å². The minimum Gasteiger partial charge on any atom is -0.455 e. The molecule has 0 atom stereocenters. The molecule has 0 spiro atoms. The van der Waals surface area contributed by atoms with Crippen LogP contribution in [0.15, 0.2) is 227 Å². The first-order valence-corrected chi connectivity index (χ1v) is 20.6. The number of benzene rings is 10. The minimum atomic E-state index is 0.600. The molecular formula is C57H36N2O2. The van der Waals surface area contributed by atoms with Crippen LogP contribution in [0.1, 0.15) is 0 Å². The molecule has 4 nitrogen and oxygen atoms in total. The summed E-state index contributed by atoms with van der Waals surface area (Å²) in [4.78, 5) is 7.16. The standard InChI is InChI=1S/C57H36N2O2/c1-3-14-37(15-4-1)45-20-11-12-25-53(45)59(43-32-28-39(29-33-43)50-34-41-18-7-8-19-44(41)47-21-9-10-22-48(47)50)42-30-26-38(27-31-42)46-23-13-24-49-51-35-55-52(36-54(51)60-56(46)49)58-57(61-55)40-16-5-2-6-17-40/h1-36H.